The van der Waals surface area contributed by atoms with Crippen LogP contribution in [0.25, 0.3) is 0 Å². The number of ether oxygens (including phenoxy) is 6. The molecule has 0 spiro atoms. The summed E-state index contributed by atoms with van der Waals surface area (Å²) in [5.74, 6) is -8.04. The Balaban J connectivity index is 1.43. The number of aliphatic hydroxyl groups is 2. The number of carbonyl (C=O) groups excluding carboxylic acids is 7. The zero-order chi connectivity index (χ0) is 48.8. The fourth-order valence-corrected chi connectivity index (χ4v) is 10.6. The number of hydrogen-bond acceptors (Lipinski definition) is 16. The number of fused-ring (bicyclic) bond motifs is 5. The summed E-state index contributed by atoms with van der Waals surface area (Å²) in [6.45, 7) is 9.22. The molecule has 2 bridgehead atoms. The van der Waals surface area contributed by atoms with Gasteiger partial charge in [0.2, 0.25) is 0 Å². The first-order valence-corrected chi connectivity index (χ1v) is 22.1. The molecule has 3 aromatic carbocycles. The SMILES string of the molecule is CC(=O)O[C@H]1C(=O)[C@@]2(C)C(C(OC(=O)c3ccccc3)[C@]3(O)C[C@H](OC(=O)[C@H](O)[C@@H](NC(=O)c4ccccc4)c4ccccc4)C(C)=C1C3(C)C)[C@]1(OC(C)=O)COC1C[C@@H]2OC(=O)[C@@H](C)N. The Bertz CT molecular complexity index is 2460. The molecule has 5 N–H and O–H groups in total. The van der Waals surface area contributed by atoms with Crippen LogP contribution in [0.4, 0.5) is 0 Å². The summed E-state index contributed by atoms with van der Waals surface area (Å²) in [4.78, 5) is 98.3. The van der Waals surface area contributed by atoms with Crippen LogP contribution in [0.1, 0.15) is 93.6 Å². The van der Waals surface area contributed by atoms with E-state index >= 15 is 4.79 Å². The minimum absolute atomic E-state index is 0.0360. The van der Waals surface area contributed by atoms with E-state index in [1.54, 1.807) is 92.7 Å². The van der Waals surface area contributed by atoms with Gasteiger partial charge in [0.15, 0.2) is 23.6 Å². The third kappa shape index (κ3) is 8.53. The molecule has 12 atom stereocenters. The van der Waals surface area contributed by atoms with Crippen molar-refractivity contribution in [3.8, 4) is 0 Å². The van der Waals surface area contributed by atoms with Crippen molar-refractivity contribution in [2.24, 2.45) is 22.5 Å². The second-order valence-corrected chi connectivity index (χ2v) is 18.6. The van der Waals surface area contributed by atoms with Gasteiger partial charge in [-0.2, -0.15) is 0 Å². The number of amides is 1. The third-order valence-electron chi connectivity index (χ3n) is 14.1. The molecule has 4 aliphatic rings. The van der Waals surface area contributed by atoms with Crippen LogP contribution in [-0.2, 0) is 52.4 Å². The molecule has 0 aromatic heterocycles. The summed E-state index contributed by atoms with van der Waals surface area (Å²) in [7, 11) is 0. The van der Waals surface area contributed by atoms with Crippen LogP contribution in [0.15, 0.2) is 102 Å². The average Bonchev–Trinajstić information content (AvgIpc) is 3.28. The summed E-state index contributed by atoms with van der Waals surface area (Å²) in [5.41, 5.74) is -1.49. The monoisotopic (exact) mass is 924 g/mol. The molecule has 2 saturated carbocycles. The topological polar surface area (TPSA) is 253 Å². The van der Waals surface area contributed by atoms with Crippen molar-refractivity contribution in [3.05, 3.63) is 119 Å². The van der Waals surface area contributed by atoms with Crippen molar-refractivity contribution >= 4 is 41.5 Å². The smallest absolute Gasteiger partial charge is 0.338 e. The molecule has 1 saturated heterocycles. The molecular weight excluding hydrogens is 869 g/mol. The van der Waals surface area contributed by atoms with E-state index in [1.807, 2.05) is 0 Å². The van der Waals surface area contributed by atoms with E-state index in [4.69, 9.17) is 34.2 Å². The zero-order valence-corrected chi connectivity index (χ0v) is 38.3. The van der Waals surface area contributed by atoms with Crippen molar-refractivity contribution < 1.29 is 72.2 Å². The van der Waals surface area contributed by atoms with Crippen molar-refractivity contribution in [3.63, 3.8) is 0 Å². The van der Waals surface area contributed by atoms with Gasteiger partial charge in [0.05, 0.1) is 29.5 Å². The lowest BCUT2D eigenvalue weighted by Crippen LogP contribution is -2.82. The van der Waals surface area contributed by atoms with Gasteiger partial charge in [0.25, 0.3) is 5.91 Å². The number of aliphatic hydroxyl groups excluding tert-OH is 1. The molecule has 3 aliphatic carbocycles. The van der Waals surface area contributed by atoms with Gasteiger partial charge in [0, 0.05) is 37.7 Å². The van der Waals surface area contributed by atoms with Crippen LogP contribution < -0.4 is 11.1 Å². The van der Waals surface area contributed by atoms with Gasteiger partial charge in [-0.05, 0) is 61.7 Å². The number of nitrogens with two attached hydrogens (primary N) is 1. The van der Waals surface area contributed by atoms with Crippen LogP contribution in [0, 0.1) is 16.7 Å². The highest BCUT2D eigenvalue weighted by molar-refractivity contribution is 5.96. The minimum Gasteiger partial charge on any atom is -0.460 e. The van der Waals surface area contributed by atoms with Crippen molar-refractivity contribution in [1.82, 2.24) is 5.32 Å². The van der Waals surface area contributed by atoms with Gasteiger partial charge in [-0.25, -0.2) is 9.59 Å². The molecule has 0 radical (unpaired) electrons. The van der Waals surface area contributed by atoms with E-state index in [2.05, 4.69) is 5.32 Å². The fourth-order valence-electron chi connectivity index (χ4n) is 10.6. The Morgan fingerprint density at radius 2 is 1.39 bits per heavy atom. The van der Waals surface area contributed by atoms with E-state index < -0.39 is 125 Å². The number of Topliss-reactive ketones (excluding diaryl/α,β-unsaturated/α-hetero) is 1. The number of esters is 5. The van der Waals surface area contributed by atoms with Gasteiger partial charge in [-0.3, -0.25) is 24.0 Å². The molecule has 3 aromatic rings. The van der Waals surface area contributed by atoms with Crippen LogP contribution >= 0.6 is 0 Å². The lowest BCUT2D eigenvalue weighted by molar-refractivity contribution is -0.346. The molecule has 7 rings (SSSR count). The van der Waals surface area contributed by atoms with Gasteiger partial charge in [-0.1, -0.05) is 80.6 Å². The second-order valence-electron chi connectivity index (χ2n) is 18.6. The first-order valence-electron chi connectivity index (χ1n) is 22.1. The molecule has 1 heterocycles. The predicted octanol–water partition coefficient (Wildman–Crippen LogP) is 3.63. The summed E-state index contributed by atoms with van der Waals surface area (Å²) in [5, 5.41) is 28.5. The first-order chi connectivity index (χ1) is 31.6. The van der Waals surface area contributed by atoms with Crippen LogP contribution in [-0.4, -0.2) is 112 Å². The number of rotatable bonds is 12. The van der Waals surface area contributed by atoms with Crippen molar-refractivity contribution in [2.45, 2.75) is 121 Å². The van der Waals surface area contributed by atoms with E-state index in [0.717, 1.165) is 13.8 Å². The average molecular weight is 925 g/mol. The molecule has 3 unspecified atom stereocenters. The second kappa shape index (κ2) is 18.4. The normalized spacial score (nSPS) is 30.7. The largest absolute Gasteiger partial charge is 0.460 e. The summed E-state index contributed by atoms with van der Waals surface area (Å²) in [6.07, 6.45) is -10.8. The molecule has 67 heavy (non-hydrogen) atoms. The molecule has 1 aliphatic heterocycles. The highest BCUT2D eigenvalue weighted by Gasteiger charge is 2.79. The maximum atomic E-state index is 16.0. The Hall–Kier alpha value is -6.27. The summed E-state index contributed by atoms with van der Waals surface area (Å²) >= 11 is 0. The van der Waals surface area contributed by atoms with E-state index in [1.165, 1.54) is 32.9 Å². The lowest BCUT2D eigenvalue weighted by atomic mass is 9.44. The van der Waals surface area contributed by atoms with Crippen molar-refractivity contribution in [1.29, 1.82) is 0 Å². The predicted molar refractivity (Wildman–Crippen MR) is 235 cm³/mol. The molecule has 356 valence electrons. The Morgan fingerprint density at radius 3 is 1.93 bits per heavy atom. The van der Waals surface area contributed by atoms with Gasteiger partial charge in [-0.15, -0.1) is 0 Å². The van der Waals surface area contributed by atoms with Crippen LogP contribution in [0.5, 0.6) is 0 Å². The molecular formula is C50H56N2O15. The number of hydrogen-bond donors (Lipinski definition) is 4. The Kier molecular flexibility index (Phi) is 13.4. The summed E-state index contributed by atoms with van der Waals surface area (Å²) in [6, 6.07) is 21.6. The van der Waals surface area contributed by atoms with E-state index in [-0.39, 0.29) is 35.3 Å². The van der Waals surface area contributed by atoms with Crippen LogP contribution in [0.3, 0.4) is 0 Å². The Morgan fingerprint density at radius 1 is 0.806 bits per heavy atom. The van der Waals surface area contributed by atoms with E-state index in [0.29, 0.717) is 5.56 Å². The molecule has 1 amide bonds. The maximum absolute atomic E-state index is 16.0. The highest BCUT2D eigenvalue weighted by Crippen LogP contribution is 2.65. The van der Waals surface area contributed by atoms with Crippen molar-refractivity contribution in [2.75, 3.05) is 6.61 Å². The highest BCUT2D eigenvalue weighted by atomic mass is 16.6. The summed E-state index contributed by atoms with van der Waals surface area (Å²) < 4.78 is 36.8. The Labute approximate surface area is 387 Å². The fraction of sp³-hybridized carbons (Fsp3) is 0.460. The van der Waals surface area contributed by atoms with E-state index in [9.17, 15) is 39.0 Å². The van der Waals surface area contributed by atoms with Crippen LogP contribution in [0.2, 0.25) is 0 Å². The van der Waals surface area contributed by atoms with Gasteiger partial charge < -0.3 is 49.7 Å². The number of nitrogens with one attached hydrogen (secondary N) is 1. The third-order valence-corrected chi connectivity index (χ3v) is 14.1. The molecule has 17 nitrogen and oxygen atoms in total. The number of benzene rings is 3. The number of ketones is 1. The molecule has 17 heteroatoms. The van der Waals surface area contributed by atoms with Gasteiger partial charge in [0.1, 0.15) is 36.1 Å². The number of carbonyl (C=O) groups is 7. The minimum atomic E-state index is -2.46. The maximum Gasteiger partial charge on any atom is 0.338 e. The lowest BCUT2D eigenvalue weighted by Gasteiger charge is -2.67. The first kappa shape index (κ1) is 48.7. The standard InChI is InChI=1S/C50H56N2O15/c1-26-33(64-46(60)38(55)37(30-17-11-8-12-18-30)52-43(57)31-19-13-9-14-20-31)24-50(61)42(66-45(59)32-21-15-10-16-22-32)40-48(7,41(56)39(63-28(3)53)36(26)47(50,5)6)34(65-44(58)27(2)51)23-35-49(40,25-62-35)67-29(4)54/h8-22,27,33-35,37-40,42,55,61H,23-25,51H2,1-7H3,(H,52,57)/t27-,33+,34+,35?,37+,38-,39-,40?,42?,48-,49+,50-/m1/s1. The van der Waals surface area contributed by atoms with Gasteiger partial charge >= 0.3 is 29.8 Å². The quantitative estimate of drug-likeness (QED) is 0.115. The zero-order valence-electron chi connectivity index (χ0n) is 38.3. The molecule has 3 fully saturated rings.